The molecular weight excluding hydrogens is 749 g/mol. The Hall–Kier alpha value is -0.810. The van der Waals surface area contributed by atoms with Gasteiger partial charge in [-0.05, 0) is 111 Å². The molecule has 1 saturated heterocycles. The van der Waals surface area contributed by atoms with Gasteiger partial charge in [-0.3, -0.25) is 13.7 Å². The van der Waals surface area contributed by atoms with Crippen LogP contribution in [0.15, 0.2) is 11.6 Å². The Bertz CT molecular complexity index is 1650. The summed E-state index contributed by atoms with van der Waals surface area (Å²) in [4.78, 5) is 0. The Morgan fingerprint density at radius 1 is 0.865 bits per heavy atom. The van der Waals surface area contributed by atoms with Crippen molar-refractivity contribution < 1.29 is 71.1 Å². The summed E-state index contributed by atoms with van der Waals surface area (Å²) in [5.41, 5.74) is 0.672. The highest BCUT2D eigenvalue weighted by molar-refractivity contribution is 7.81. The fourth-order valence-electron chi connectivity index (χ4n) is 10.7. The first-order chi connectivity index (χ1) is 23.8. The fraction of sp³-hybridized carbons (Fsp3) is 0.939. The number of ether oxygens (including phenoxy) is 2. The Kier molecular flexibility index (Phi) is 12.4. The van der Waals surface area contributed by atoms with Crippen LogP contribution in [0.4, 0.5) is 0 Å². The van der Waals surface area contributed by atoms with Crippen LogP contribution < -0.4 is 0 Å². The molecule has 5 rings (SSSR count). The average Bonchev–Trinajstić information content (AvgIpc) is 3.36. The molecule has 1 unspecified atom stereocenters. The average molecular weight is 805 g/mol. The third-order valence-corrected chi connectivity index (χ3v) is 14.7. The first kappa shape index (κ1) is 42.3. The number of aliphatic hydroxyl groups excluding tert-OH is 2. The molecule has 0 aromatic carbocycles. The SMILES string of the molecule is CC(C)[C@H](CC[C@@H](C)[C@H]1CC[C@H]2[C@@H]3C[C@H](O[C@@H]4O[C@H](C)[C@@H](OS(=O)(=O)O)[C@H](O)[C@H]4O)C4C[C@@H](OS(=O)(=O)O)CC[C@]4(C)C3=CC[C@]12C)OS(=O)(=O)O. The van der Waals surface area contributed by atoms with E-state index in [1.807, 2.05) is 13.8 Å². The van der Waals surface area contributed by atoms with Crippen molar-refractivity contribution in [1.82, 2.24) is 0 Å². The summed E-state index contributed by atoms with van der Waals surface area (Å²) in [5, 5.41) is 21.9. The summed E-state index contributed by atoms with van der Waals surface area (Å²) in [6.45, 7) is 11.7. The molecule has 4 fully saturated rings. The maximum atomic E-state index is 11.7. The molecule has 0 aromatic rings. The van der Waals surface area contributed by atoms with Gasteiger partial charge in [-0.15, -0.1) is 0 Å². The first-order valence-electron chi connectivity index (χ1n) is 18.2. The van der Waals surface area contributed by atoms with Gasteiger partial charge in [0.15, 0.2) is 6.29 Å². The van der Waals surface area contributed by atoms with Crippen LogP contribution in [0.1, 0.15) is 99.3 Å². The molecule has 0 bridgehead atoms. The molecule has 0 radical (unpaired) electrons. The number of fused-ring (bicyclic) bond motifs is 5. The highest BCUT2D eigenvalue weighted by atomic mass is 32.3. The Morgan fingerprint density at radius 2 is 1.52 bits per heavy atom. The van der Waals surface area contributed by atoms with Gasteiger partial charge in [-0.1, -0.05) is 46.3 Å². The topological polar surface area (TPSA) is 250 Å². The van der Waals surface area contributed by atoms with Gasteiger partial charge in [0, 0.05) is 0 Å². The minimum Gasteiger partial charge on any atom is -0.387 e. The molecule has 0 amide bonds. The second kappa shape index (κ2) is 15.3. The van der Waals surface area contributed by atoms with Gasteiger partial charge < -0.3 is 19.7 Å². The molecule has 5 aliphatic rings. The van der Waals surface area contributed by atoms with Gasteiger partial charge in [0.05, 0.1) is 24.4 Å². The van der Waals surface area contributed by atoms with Gasteiger partial charge in [-0.25, -0.2) is 12.5 Å². The lowest BCUT2D eigenvalue weighted by molar-refractivity contribution is -0.312. The third-order valence-electron chi connectivity index (χ3n) is 13.2. The van der Waals surface area contributed by atoms with Crippen molar-refractivity contribution in [3.05, 3.63) is 11.6 Å². The van der Waals surface area contributed by atoms with Gasteiger partial charge >= 0.3 is 31.2 Å². The first-order valence-corrected chi connectivity index (χ1v) is 22.3. The van der Waals surface area contributed by atoms with Crippen molar-refractivity contribution in [2.24, 2.45) is 46.3 Å². The van der Waals surface area contributed by atoms with Gasteiger partial charge in [0.2, 0.25) is 0 Å². The number of hydrogen-bond donors (Lipinski definition) is 5. The summed E-state index contributed by atoms with van der Waals surface area (Å²) in [6, 6.07) is 0. The highest BCUT2D eigenvalue weighted by Gasteiger charge is 2.61. The van der Waals surface area contributed by atoms with Crippen LogP contribution >= 0.6 is 0 Å². The van der Waals surface area contributed by atoms with Crippen LogP contribution in [0.3, 0.4) is 0 Å². The predicted octanol–water partition coefficient (Wildman–Crippen LogP) is 3.66. The van der Waals surface area contributed by atoms with E-state index >= 15 is 0 Å². The zero-order valence-corrected chi connectivity index (χ0v) is 32.9. The minimum atomic E-state index is -4.98. The molecule has 15 atom stereocenters. The molecule has 3 saturated carbocycles. The summed E-state index contributed by atoms with van der Waals surface area (Å²) in [6.07, 6.45) is -2.04. The maximum absolute atomic E-state index is 11.7. The number of allylic oxidation sites excluding steroid dienone is 2. The number of hydrogen-bond acceptors (Lipinski definition) is 13. The van der Waals surface area contributed by atoms with E-state index in [-0.39, 0.29) is 41.4 Å². The lowest BCUT2D eigenvalue weighted by Gasteiger charge is -2.59. The second-order valence-electron chi connectivity index (χ2n) is 16.7. The van der Waals surface area contributed by atoms with Crippen molar-refractivity contribution in [1.29, 1.82) is 0 Å². The summed E-state index contributed by atoms with van der Waals surface area (Å²) >= 11 is 0. The monoisotopic (exact) mass is 804 g/mol. The van der Waals surface area contributed by atoms with Crippen molar-refractivity contribution in [2.75, 3.05) is 0 Å². The molecule has 0 spiro atoms. The number of rotatable bonds is 13. The highest BCUT2D eigenvalue weighted by Crippen LogP contribution is 2.67. The van der Waals surface area contributed by atoms with E-state index in [1.54, 1.807) is 0 Å². The zero-order valence-electron chi connectivity index (χ0n) is 30.5. The summed E-state index contributed by atoms with van der Waals surface area (Å²) < 4.78 is 124. The predicted molar refractivity (Wildman–Crippen MR) is 184 cm³/mol. The third kappa shape index (κ3) is 9.08. The van der Waals surface area contributed by atoms with Crippen molar-refractivity contribution in [3.63, 3.8) is 0 Å². The lowest BCUT2D eigenvalue weighted by atomic mass is 9.47. The molecule has 1 aliphatic heterocycles. The smallest absolute Gasteiger partial charge is 0.387 e. The largest absolute Gasteiger partial charge is 0.397 e. The van der Waals surface area contributed by atoms with Crippen molar-refractivity contribution in [2.45, 2.75) is 148 Å². The van der Waals surface area contributed by atoms with Crippen LogP contribution in [0.2, 0.25) is 0 Å². The van der Waals surface area contributed by atoms with Crippen LogP contribution in [-0.4, -0.2) is 98.1 Å². The Morgan fingerprint density at radius 3 is 2.12 bits per heavy atom. The second-order valence-corrected chi connectivity index (χ2v) is 19.8. The molecular formula is C33H56O16S3. The minimum absolute atomic E-state index is 0.0474. The molecule has 4 aliphatic carbocycles. The van der Waals surface area contributed by atoms with Crippen molar-refractivity contribution >= 4 is 31.2 Å². The molecule has 19 heteroatoms. The van der Waals surface area contributed by atoms with Crippen LogP contribution in [0.25, 0.3) is 0 Å². The van der Waals surface area contributed by atoms with E-state index in [0.717, 1.165) is 19.3 Å². The lowest BCUT2D eigenvalue weighted by Crippen LogP contribution is -2.61. The van der Waals surface area contributed by atoms with E-state index in [2.05, 4.69) is 31.0 Å². The molecule has 1 heterocycles. The molecule has 16 nitrogen and oxygen atoms in total. The van der Waals surface area contributed by atoms with Crippen LogP contribution in [0, 0.1) is 46.3 Å². The molecule has 302 valence electrons. The molecule has 52 heavy (non-hydrogen) atoms. The molecule has 5 N–H and O–H groups in total. The van der Waals surface area contributed by atoms with Crippen molar-refractivity contribution in [3.8, 4) is 0 Å². The van der Waals surface area contributed by atoms with Crippen LogP contribution in [0.5, 0.6) is 0 Å². The van der Waals surface area contributed by atoms with E-state index in [0.29, 0.717) is 38.0 Å². The van der Waals surface area contributed by atoms with E-state index in [9.17, 15) is 49.1 Å². The number of aliphatic hydroxyl groups is 2. The summed E-state index contributed by atoms with van der Waals surface area (Å²) in [7, 11) is -14.3. The summed E-state index contributed by atoms with van der Waals surface area (Å²) in [5.74, 6) is 0.337. The Labute approximate surface area is 307 Å². The van der Waals surface area contributed by atoms with Gasteiger partial charge in [0.1, 0.15) is 18.3 Å². The Balaban J connectivity index is 1.41. The standard InChI is InChI=1S/C33H56O16S3/c1-17(2)26(48-51(39,40)41)10-7-18(3)22-8-9-23-21-16-27(46-31-29(35)28(34)30(19(4)45-31)49-52(42,43)44)25-15-20(47-50(36,37)38)11-13-33(25,6)24(21)12-14-32(22,23)5/h12,17-23,25-31,34-35H,7-11,13-16H2,1-6H3,(H,36,37,38)(H,39,40,41)(H,42,43,44)/t18-,19-,20+,21+,22-,23+,25?,26+,27+,28-,29-,30-,31+,32-,33-/m1/s1. The van der Waals surface area contributed by atoms with Crippen LogP contribution in [-0.2, 0) is 53.2 Å². The quantitative estimate of drug-likeness (QED) is 0.132. The van der Waals surface area contributed by atoms with E-state index < -0.39 is 85.6 Å². The molecule has 0 aromatic heterocycles. The maximum Gasteiger partial charge on any atom is 0.397 e. The van der Waals surface area contributed by atoms with E-state index in [4.69, 9.17) is 17.8 Å². The fourth-order valence-corrected chi connectivity index (χ4v) is 12.4. The van der Waals surface area contributed by atoms with E-state index in [1.165, 1.54) is 12.5 Å². The van der Waals surface area contributed by atoms with Gasteiger partial charge in [-0.2, -0.15) is 25.3 Å². The van der Waals surface area contributed by atoms with Gasteiger partial charge in [0.25, 0.3) is 0 Å². The zero-order chi connectivity index (χ0) is 38.8. The normalized spacial score (nSPS) is 42.5.